The molecule has 1 aliphatic rings. The molecule has 1 atom stereocenters. The maximum atomic E-state index is 12.7. The van der Waals surface area contributed by atoms with E-state index in [1.54, 1.807) is 18.2 Å². The van der Waals surface area contributed by atoms with Crippen molar-refractivity contribution in [1.29, 1.82) is 0 Å². The molecule has 0 radical (unpaired) electrons. The average molecular weight is 384 g/mol. The van der Waals surface area contributed by atoms with Gasteiger partial charge in [0.05, 0.1) is 29.2 Å². The Kier molecular flexibility index (Phi) is 5.90. The Bertz CT molecular complexity index is 752. The predicted molar refractivity (Wildman–Crippen MR) is 95.3 cm³/mol. The highest BCUT2D eigenvalue weighted by molar-refractivity contribution is 6.42. The number of anilines is 1. The van der Waals surface area contributed by atoms with Gasteiger partial charge in [-0.25, -0.2) is 0 Å². The zero-order valence-electron chi connectivity index (χ0n) is 13.5. The first-order valence-electron chi connectivity index (χ1n) is 8.08. The van der Waals surface area contributed by atoms with Crippen molar-refractivity contribution in [3.63, 3.8) is 0 Å². The lowest BCUT2D eigenvalue weighted by Gasteiger charge is -2.33. The number of amides is 1. The molecule has 0 aliphatic carbocycles. The van der Waals surface area contributed by atoms with Gasteiger partial charge >= 0.3 is 0 Å². The number of nitrogens with one attached hydrogen (secondary N) is 1. The van der Waals surface area contributed by atoms with Crippen LogP contribution in [0.15, 0.2) is 22.7 Å². The summed E-state index contributed by atoms with van der Waals surface area (Å²) in [6.45, 7) is 1.45. The van der Waals surface area contributed by atoms with E-state index in [1.807, 2.05) is 0 Å². The third-order valence-electron chi connectivity index (χ3n) is 4.13. The largest absolute Gasteiger partial charge is 0.338 e. The lowest BCUT2D eigenvalue weighted by Crippen LogP contribution is -2.46. The maximum Gasteiger partial charge on any atom is 0.241 e. The van der Waals surface area contributed by atoms with Gasteiger partial charge in [-0.2, -0.15) is 4.98 Å². The summed E-state index contributed by atoms with van der Waals surface area (Å²) in [7, 11) is 0. The molecule has 1 aromatic heterocycles. The van der Waals surface area contributed by atoms with Gasteiger partial charge in [0.25, 0.3) is 0 Å². The van der Waals surface area contributed by atoms with Gasteiger partial charge in [0.15, 0.2) is 5.82 Å². The third kappa shape index (κ3) is 4.49. The van der Waals surface area contributed by atoms with Crippen molar-refractivity contribution in [3.05, 3.63) is 40.0 Å². The molecule has 0 spiro atoms. The predicted octanol–water partition coefficient (Wildman–Crippen LogP) is 2.83. The smallest absolute Gasteiger partial charge is 0.241 e. The SMILES string of the molecule is NCc1nc(CN2CCCCC2C(=O)Nc2ccc(Cl)c(Cl)c2)no1. The Morgan fingerprint density at radius 2 is 2.20 bits per heavy atom. The fraction of sp³-hybridized carbons (Fsp3) is 0.438. The van der Waals surface area contributed by atoms with Crippen molar-refractivity contribution in [1.82, 2.24) is 15.0 Å². The summed E-state index contributed by atoms with van der Waals surface area (Å²) >= 11 is 11.9. The number of piperidine rings is 1. The van der Waals surface area contributed by atoms with Crippen molar-refractivity contribution in [2.45, 2.75) is 38.4 Å². The highest BCUT2D eigenvalue weighted by Gasteiger charge is 2.29. The minimum Gasteiger partial charge on any atom is -0.338 e. The molecule has 1 saturated heterocycles. The Hall–Kier alpha value is -1.67. The van der Waals surface area contributed by atoms with Crippen LogP contribution in [0.5, 0.6) is 0 Å². The van der Waals surface area contributed by atoms with Gasteiger partial charge in [-0.15, -0.1) is 0 Å². The molecule has 2 heterocycles. The standard InChI is InChI=1S/C16H19Cl2N5O2/c17-11-5-4-10(7-12(11)18)20-16(24)13-3-1-2-6-23(13)9-14-21-15(8-19)25-22-14/h4-5,7,13H,1-3,6,8-9,19H2,(H,20,24). The van der Waals surface area contributed by atoms with E-state index in [-0.39, 0.29) is 18.5 Å². The molecule has 3 N–H and O–H groups in total. The summed E-state index contributed by atoms with van der Waals surface area (Å²) in [4.78, 5) is 19.0. The van der Waals surface area contributed by atoms with Gasteiger partial charge in [-0.3, -0.25) is 9.69 Å². The first kappa shape index (κ1) is 18.1. The first-order chi connectivity index (χ1) is 12.1. The molecule has 1 aliphatic heterocycles. The average Bonchev–Trinajstić information content (AvgIpc) is 3.06. The van der Waals surface area contributed by atoms with Crippen LogP contribution in [-0.4, -0.2) is 33.5 Å². The fourth-order valence-electron chi connectivity index (χ4n) is 2.90. The molecule has 1 aromatic carbocycles. The number of carbonyl (C=O) groups is 1. The Balaban J connectivity index is 1.68. The van der Waals surface area contributed by atoms with Crippen molar-refractivity contribution >= 4 is 34.8 Å². The summed E-state index contributed by atoms with van der Waals surface area (Å²) in [6.07, 6.45) is 2.79. The summed E-state index contributed by atoms with van der Waals surface area (Å²) in [5.41, 5.74) is 6.11. The highest BCUT2D eigenvalue weighted by Crippen LogP contribution is 2.26. The van der Waals surface area contributed by atoms with E-state index >= 15 is 0 Å². The number of carbonyl (C=O) groups excluding carboxylic acids is 1. The lowest BCUT2D eigenvalue weighted by molar-refractivity contribution is -0.122. The van der Waals surface area contributed by atoms with Gasteiger partial charge in [0, 0.05) is 5.69 Å². The maximum absolute atomic E-state index is 12.7. The molecule has 3 rings (SSSR count). The number of rotatable bonds is 5. The minimum atomic E-state index is -0.261. The molecule has 134 valence electrons. The molecule has 1 fully saturated rings. The number of hydrogen-bond donors (Lipinski definition) is 2. The van der Waals surface area contributed by atoms with Crippen LogP contribution in [0.3, 0.4) is 0 Å². The zero-order valence-corrected chi connectivity index (χ0v) is 15.1. The number of hydrogen-bond acceptors (Lipinski definition) is 6. The monoisotopic (exact) mass is 383 g/mol. The van der Waals surface area contributed by atoms with Crippen molar-refractivity contribution in [2.24, 2.45) is 5.73 Å². The van der Waals surface area contributed by atoms with E-state index in [0.29, 0.717) is 34.0 Å². The van der Waals surface area contributed by atoms with Gasteiger partial charge in [-0.05, 0) is 37.6 Å². The highest BCUT2D eigenvalue weighted by atomic mass is 35.5. The minimum absolute atomic E-state index is 0.0827. The van der Waals surface area contributed by atoms with Gasteiger partial charge in [0.1, 0.15) is 0 Å². The number of halogens is 2. The normalized spacial score (nSPS) is 18.3. The Morgan fingerprint density at radius 1 is 1.36 bits per heavy atom. The molecule has 7 nitrogen and oxygen atoms in total. The number of likely N-dealkylation sites (tertiary alicyclic amines) is 1. The van der Waals surface area contributed by atoms with Crippen molar-refractivity contribution in [3.8, 4) is 0 Å². The molecule has 1 unspecified atom stereocenters. The quantitative estimate of drug-likeness (QED) is 0.823. The van der Waals surface area contributed by atoms with E-state index in [9.17, 15) is 4.79 Å². The van der Waals surface area contributed by atoms with E-state index < -0.39 is 0 Å². The van der Waals surface area contributed by atoms with Crippen LogP contribution in [0.2, 0.25) is 10.0 Å². The number of nitrogens with two attached hydrogens (primary N) is 1. The number of benzene rings is 1. The van der Waals surface area contributed by atoms with E-state index in [2.05, 4.69) is 20.4 Å². The van der Waals surface area contributed by atoms with E-state index in [4.69, 9.17) is 33.5 Å². The molecule has 9 heteroatoms. The van der Waals surface area contributed by atoms with E-state index in [0.717, 1.165) is 25.8 Å². The summed E-state index contributed by atoms with van der Waals surface area (Å²) in [6, 6.07) is 4.77. The molecular weight excluding hydrogens is 365 g/mol. The summed E-state index contributed by atoms with van der Waals surface area (Å²) in [5, 5.41) is 7.67. The van der Waals surface area contributed by atoms with Crippen LogP contribution in [0.1, 0.15) is 31.0 Å². The van der Waals surface area contributed by atoms with Crippen LogP contribution in [0.4, 0.5) is 5.69 Å². The van der Waals surface area contributed by atoms with Gasteiger partial charge in [-0.1, -0.05) is 34.8 Å². The van der Waals surface area contributed by atoms with Crippen LogP contribution in [0, 0.1) is 0 Å². The number of nitrogens with zero attached hydrogens (tertiary/aromatic N) is 3. The second-order valence-electron chi connectivity index (χ2n) is 5.91. The Morgan fingerprint density at radius 3 is 2.92 bits per heavy atom. The lowest BCUT2D eigenvalue weighted by atomic mass is 10.0. The molecule has 0 saturated carbocycles. The zero-order chi connectivity index (χ0) is 17.8. The fourth-order valence-corrected chi connectivity index (χ4v) is 3.19. The molecule has 0 bridgehead atoms. The molecule has 1 amide bonds. The molecule has 2 aromatic rings. The third-order valence-corrected chi connectivity index (χ3v) is 4.87. The van der Waals surface area contributed by atoms with Crippen molar-refractivity contribution in [2.75, 3.05) is 11.9 Å². The summed E-state index contributed by atoms with van der Waals surface area (Å²) < 4.78 is 5.03. The molecular formula is C16H19Cl2N5O2. The van der Waals surface area contributed by atoms with Gasteiger partial charge < -0.3 is 15.6 Å². The topological polar surface area (TPSA) is 97.3 Å². The molecule has 25 heavy (non-hydrogen) atoms. The van der Waals surface area contributed by atoms with Crippen molar-refractivity contribution < 1.29 is 9.32 Å². The van der Waals surface area contributed by atoms with Crippen LogP contribution in [-0.2, 0) is 17.9 Å². The Labute approximate surface area is 155 Å². The second-order valence-corrected chi connectivity index (χ2v) is 6.72. The summed E-state index contributed by atoms with van der Waals surface area (Å²) in [5.74, 6) is 0.846. The first-order valence-corrected chi connectivity index (χ1v) is 8.84. The van der Waals surface area contributed by atoms with Crippen LogP contribution in [0.25, 0.3) is 0 Å². The second kappa shape index (κ2) is 8.14. The number of aromatic nitrogens is 2. The van der Waals surface area contributed by atoms with Crippen LogP contribution >= 0.6 is 23.2 Å². The van der Waals surface area contributed by atoms with Crippen LogP contribution < -0.4 is 11.1 Å². The van der Waals surface area contributed by atoms with Gasteiger partial charge in [0.2, 0.25) is 11.8 Å². The van der Waals surface area contributed by atoms with E-state index in [1.165, 1.54) is 0 Å².